The summed E-state index contributed by atoms with van der Waals surface area (Å²) in [6.45, 7) is 6.66. The first-order valence-corrected chi connectivity index (χ1v) is 9.63. The van der Waals surface area contributed by atoms with Crippen LogP contribution in [0.2, 0.25) is 0 Å². The topological polar surface area (TPSA) is 72.1 Å². The number of thioether (sulfide) groups is 1. The lowest BCUT2D eigenvalue weighted by Crippen LogP contribution is -2.45. The smallest absolute Gasteiger partial charge is 0.277 e. The van der Waals surface area contributed by atoms with E-state index in [9.17, 15) is 4.79 Å². The molecule has 1 amide bonds. The SMILES string of the molecule is CC(C)(C)N(Cc1ccccc1)C(=O)CSc1nnc(-c2cccnc2)o1. The summed E-state index contributed by atoms with van der Waals surface area (Å²) >= 11 is 1.25. The maximum absolute atomic E-state index is 12.8. The number of amides is 1. The zero-order valence-corrected chi connectivity index (χ0v) is 16.4. The normalized spacial score (nSPS) is 11.4. The number of aromatic nitrogens is 3. The van der Waals surface area contributed by atoms with Gasteiger partial charge in [0.15, 0.2) is 0 Å². The van der Waals surface area contributed by atoms with E-state index in [1.165, 1.54) is 11.8 Å². The molecule has 3 rings (SSSR count). The van der Waals surface area contributed by atoms with Gasteiger partial charge in [-0.15, -0.1) is 10.2 Å². The van der Waals surface area contributed by atoms with Gasteiger partial charge in [-0.25, -0.2) is 0 Å². The fourth-order valence-corrected chi connectivity index (χ4v) is 3.18. The van der Waals surface area contributed by atoms with Crippen LogP contribution in [0.3, 0.4) is 0 Å². The van der Waals surface area contributed by atoms with E-state index in [-0.39, 0.29) is 17.2 Å². The molecule has 0 spiro atoms. The van der Waals surface area contributed by atoms with Gasteiger partial charge in [-0.2, -0.15) is 0 Å². The Hall–Kier alpha value is -2.67. The van der Waals surface area contributed by atoms with Crippen LogP contribution in [0.5, 0.6) is 0 Å². The predicted molar refractivity (Wildman–Crippen MR) is 105 cm³/mol. The van der Waals surface area contributed by atoms with E-state index in [2.05, 4.69) is 15.2 Å². The molecule has 0 aliphatic rings. The second kappa shape index (κ2) is 8.35. The van der Waals surface area contributed by atoms with Crippen LogP contribution in [0.1, 0.15) is 26.3 Å². The monoisotopic (exact) mass is 382 g/mol. The van der Waals surface area contributed by atoms with E-state index in [1.807, 2.05) is 62.1 Å². The van der Waals surface area contributed by atoms with Crippen LogP contribution >= 0.6 is 11.8 Å². The molecule has 2 aromatic heterocycles. The molecule has 140 valence electrons. The predicted octanol–water partition coefficient (Wildman–Crippen LogP) is 4.05. The van der Waals surface area contributed by atoms with Crippen molar-refractivity contribution in [1.82, 2.24) is 20.1 Å². The molecule has 0 bridgehead atoms. The van der Waals surface area contributed by atoms with Crippen molar-refractivity contribution in [2.24, 2.45) is 0 Å². The fraction of sp³-hybridized carbons (Fsp3) is 0.300. The summed E-state index contributed by atoms with van der Waals surface area (Å²) in [5.74, 6) is 0.659. The van der Waals surface area contributed by atoms with E-state index in [4.69, 9.17) is 4.42 Å². The van der Waals surface area contributed by atoms with Crippen LogP contribution < -0.4 is 0 Å². The second-order valence-corrected chi connectivity index (χ2v) is 7.97. The zero-order chi connectivity index (χ0) is 19.3. The molecule has 0 aliphatic heterocycles. The van der Waals surface area contributed by atoms with Crippen molar-refractivity contribution in [3.63, 3.8) is 0 Å². The van der Waals surface area contributed by atoms with Crippen LogP contribution in [-0.2, 0) is 11.3 Å². The molecule has 6 nitrogen and oxygen atoms in total. The highest BCUT2D eigenvalue weighted by Gasteiger charge is 2.27. The Morgan fingerprint density at radius 3 is 2.56 bits per heavy atom. The molecule has 0 aliphatic carbocycles. The molecule has 27 heavy (non-hydrogen) atoms. The highest BCUT2D eigenvalue weighted by atomic mass is 32.2. The maximum atomic E-state index is 12.8. The highest BCUT2D eigenvalue weighted by molar-refractivity contribution is 7.99. The van der Waals surface area contributed by atoms with Gasteiger partial charge in [-0.3, -0.25) is 9.78 Å². The Morgan fingerprint density at radius 1 is 1.11 bits per heavy atom. The van der Waals surface area contributed by atoms with E-state index in [0.717, 1.165) is 11.1 Å². The Morgan fingerprint density at radius 2 is 1.89 bits per heavy atom. The number of carbonyl (C=O) groups excluding carboxylic acids is 1. The second-order valence-electron chi connectivity index (χ2n) is 7.04. The van der Waals surface area contributed by atoms with Gasteiger partial charge in [0.1, 0.15) is 0 Å². The highest BCUT2D eigenvalue weighted by Crippen LogP contribution is 2.24. The number of carbonyl (C=O) groups is 1. The van der Waals surface area contributed by atoms with Crippen molar-refractivity contribution in [3.8, 4) is 11.5 Å². The van der Waals surface area contributed by atoms with Crippen LogP contribution in [0.25, 0.3) is 11.5 Å². The molecule has 7 heteroatoms. The molecule has 1 aromatic carbocycles. The molecule has 0 unspecified atom stereocenters. The molecule has 0 N–H and O–H groups in total. The van der Waals surface area contributed by atoms with Crippen LogP contribution in [-0.4, -0.2) is 37.3 Å². The van der Waals surface area contributed by atoms with Gasteiger partial charge in [0.05, 0.1) is 11.3 Å². The molecule has 0 radical (unpaired) electrons. The minimum Gasteiger partial charge on any atom is -0.411 e. The third kappa shape index (κ3) is 5.17. The van der Waals surface area contributed by atoms with Crippen molar-refractivity contribution in [3.05, 3.63) is 60.4 Å². The first-order valence-electron chi connectivity index (χ1n) is 8.64. The van der Waals surface area contributed by atoms with Gasteiger partial charge in [-0.1, -0.05) is 42.1 Å². The van der Waals surface area contributed by atoms with Gasteiger partial charge in [-0.05, 0) is 38.5 Å². The lowest BCUT2D eigenvalue weighted by Gasteiger charge is -2.35. The molecule has 0 atom stereocenters. The van der Waals surface area contributed by atoms with Crippen molar-refractivity contribution in [1.29, 1.82) is 0 Å². The van der Waals surface area contributed by atoms with Crippen molar-refractivity contribution in [2.75, 3.05) is 5.75 Å². The molecular formula is C20H22N4O2S. The Kier molecular flexibility index (Phi) is 5.91. The minimum absolute atomic E-state index is 0.0254. The molecule has 3 aromatic rings. The number of nitrogens with zero attached hydrogens (tertiary/aromatic N) is 4. The van der Waals surface area contributed by atoms with E-state index in [1.54, 1.807) is 18.5 Å². The van der Waals surface area contributed by atoms with Gasteiger partial charge in [0.25, 0.3) is 5.22 Å². The standard InChI is InChI=1S/C20H22N4O2S/c1-20(2,3)24(13-15-8-5-4-6-9-15)17(25)14-27-19-23-22-18(26-19)16-10-7-11-21-12-16/h4-12H,13-14H2,1-3H3. The maximum Gasteiger partial charge on any atom is 0.277 e. The first-order chi connectivity index (χ1) is 12.9. The summed E-state index contributed by atoms with van der Waals surface area (Å²) in [5, 5.41) is 8.41. The quantitative estimate of drug-likeness (QED) is 0.599. The Bertz CT molecular complexity index is 876. The average Bonchev–Trinajstić information content (AvgIpc) is 3.14. The van der Waals surface area contributed by atoms with Crippen molar-refractivity contribution < 1.29 is 9.21 Å². The molecule has 0 fully saturated rings. The summed E-state index contributed by atoms with van der Waals surface area (Å²) in [6, 6.07) is 13.6. The Balaban J connectivity index is 1.65. The summed E-state index contributed by atoms with van der Waals surface area (Å²) in [6.07, 6.45) is 3.34. The van der Waals surface area contributed by atoms with Gasteiger partial charge in [0.2, 0.25) is 11.8 Å². The number of rotatable bonds is 6. The number of benzene rings is 1. The third-order valence-corrected chi connectivity index (χ3v) is 4.73. The van der Waals surface area contributed by atoms with Gasteiger partial charge >= 0.3 is 0 Å². The molecule has 2 heterocycles. The summed E-state index contributed by atoms with van der Waals surface area (Å²) in [5.41, 5.74) is 1.56. The molecular weight excluding hydrogens is 360 g/mol. The summed E-state index contributed by atoms with van der Waals surface area (Å²) in [4.78, 5) is 18.8. The van der Waals surface area contributed by atoms with Crippen LogP contribution in [0.15, 0.2) is 64.5 Å². The van der Waals surface area contributed by atoms with Crippen LogP contribution in [0, 0.1) is 0 Å². The zero-order valence-electron chi connectivity index (χ0n) is 15.6. The van der Waals surface area contributed by atoms with E-state index in [0.29, 0.717) is 17.7 Å². The molecule has 0 saturated carbocycles. The average molecular weight is 382 g/mol. The van der Waals surface area contributed by atoms with E-state index >= 15 is 0 Å². The van der Waals surface area contributed by atoms with Crippen molar-refractivity contribution >= 4 is 17.7 Å². The lowest BCUT2D eigenvalue weighted by molar-refractivity contribution is -0.133. The summed E-state index contributed by atoms with van der Waals surface area (Å²) < 4.78 is 5.63. The van der Waals surface area contributed by atoms with E-state index < -0.39 is 0 Å². The summed E-state index contributed by atoms with van der Waals surface area (Å²) in [7, 11) is 0. The number of pyridine rings is 1. The van der Waals surface area contributed by atoms with Crippen LogP contribution in [0.4, 0.5) is 0 Å². The molecule has 0 saturated heterocycles. The fourth-order valence-electron chi connectivity index (χ4n) is 2.54. The number of hydrogen-bond donors (Lipinski definition) is 0. The minimum atomic E-state index is -0.288. The van der Waals surface area contributed by atoms with Gasteiger partial charge in [0, 0.05) is 24.5 Å². The van der Waals surface area contributed by atoms with Gasteiger partial charge < -0.3 is 9.32 Å². The third-order valence-electron chi connectivity index (χ3n) is 3.93. The van der Waals surface area contributed by atoms with Crippen molar-refractivity contribution in [2.45, 2.75) is 38.1 Å². The lowest BCUT2D eigenvalue weighted by atomic mass is 10.0. The Labute approximate surface area is 163 Å². The largest absolute Gasteiger partial charge is 0.411 e. The number of hydrogen-bond acceptors (Lipinski definition) is 6. The first kappa shape index (κ1) is 19.1.